The standard InChI is InChI=1S/C21H19BrN4O3/c1-26-18-4-2-3-5-19(18)29-12-17(21(26)28)23-20(27)16-11-15(24-25-16)10-13-6-8-14(22)9-7-13/h2-9,11,17H,10,12H2,1H3,(H,23,27)(H,24,25)/t17-/m0/s1. The van der Waals surface area contributed by atoms with E-state index in [-0.39, 0.29) is 18.2 Å². The molecule has 2 aromatic carbocycles. The molecule has 3 aromatic rings. The number of nitrogens with zero attached hydrogens (tertiary/aromatic N) is 2. The summed E-state index contributed by atoms with van der Waals surface area (Å²) >= 11 is 3.41. The van der Waals surface area contributed by atoms with E-state index in [2.05, 4.69) is 31.4 Å². The van der Waals surface area contributed by atoms with Crippen molar-refractivity contribution in [2.75, 3.05) is 18.6 Å². The van der Waals surface area contributed by atoms with Crippen LogP contribution in [0.15, 0.2) is 59.1 Å². The molecule has 0 unspecified atom stereocenters. The first-order valence-electron chi connectivity index (χ1n) is 9.10. The van der Waals surface area contributed by atoms with Crippen molar-refractivity contribution in [2.24, 2.45) is 0 Å². The quantitative estimate of drug-likeness (QED) is 0.634. The van der Waals surface area contributed by atoms with E-state index in [0.29, 0.717) is 17.9 Å². The lowest BCUT2D eigenvalue weighted by Gasteiger charge is -2.19. The number of hydrogen-bond donors (Lipinski definition) is 2. The smallest absolute Gasteiger partial charge is 0.272 e. The Morgan fingerprint density at radius 3 is 2.83 bits per heavy atom. The second-order valence-corrected chi connectivity index (χ2v) is 7.70. The van der Waals surface area contributed by atoms with E-state index in [1.54, 1.807) is 25.2 Å². The van der Waals surface area contributed by atoms with Crippen molar-refractivity contribution < 1.29 is 14.3 Å². The lowest BCUT2D eigenvalue weighted by molar-refractivity contribution is -0.120. The van der Waals surface area contributed by atoms with Gasteiger partial charge in [0.2, 0.25) is 0 Å². The topological polar surface area (TPSA) is 87.3 Å². The zero-order chi connectivity index (χ0) is 20.4. The highest BCUT2D eigenvalue weighted by Gasteiger charge is 2.31. The highest BCUT2D eigenvalue weighted by Crippen LogP contribution is 2.29. The third kappa shape index (κ3) is 4.17. The molecular formula is C21H19BrN4O3. The number of amides is 2. The van der Waals surface area contributed by atoms with Crippen LogP contribution in [0.25, 0.3) is 0 Å². The van der Waals surface area contributed by atoms with E-state index >= 15 is 0 Å². The molecule has 0 spiro atoms. The molecule has 2 amide bonds. The number of aromatic nitrogens is 2. The molecule has 29 heavy (non-hydrogen) atoms. The molecular weight excluding hydrogens is 436 g/mol. The van der Waals surface area contributed by atoms with E-state index in [0.717, 1.165) is 15.7 Å². The van der Waals surface area contributed by atoms with E-state index in [9.17, 15) is 9.59 Å². The molecule has 8 heteroatoms. The lowest BCUT2D eigenvalue weighted by atomic mass is 10.1. The minimum Gasteiger partial charge on any atom is -0.489 e. The first kappa shape index (κ1) is 19.2. The van der Waals surface area contributed by atoms with Crippen LogP contribution in [0.5, 0.6) is 5.75 Å². The molecule has 1 aliphatic rings. The molecule has 0 saturated carbocycles. The summed E-state index contributed by atoms with van der Waals surface area (Å²) in [5.41, 5.74) is 2.81. The Morgan fingerprint density at radius 2 is 2.03 bits per heavy atom. The number of likely N-dealkylation sites (N-methyl/N-ethyl adjacent to an activating group) is 1. The molecule has 1 aromatic heterocycles. The van der Waals surface area contributed by atoms with Crippen LogP contribution in [0.2, 0.25) is 0 Å². The fourth-order valence-corrected chi connectivity index (χ4v) is 3.44. The first-order valence-corrected chi connectivity index (χ1v) is 9.89. The predicted octanol–water partition coefficient (Wildman–Crippen LogP) is 2.92. The zero-order valence-electron chi connectivity index (χ0n) is 15.7. The van der Waals surface area contributed by atoms with Crippen molar-refractivity contribution in [3.8, 4) is 5.75 Å². The van der Waals surface area contributed by atoms with Gasteiger partial charge in [-0.2, -0.15) is 5.10 Å². The van der Waals surface area contributed by atoms with Gasteiger partial charge in [-0.3, -0.25) is 14.7 Å². The molecule has 4 rings (SSSR count). The third-order valence-electron chi connectivity index (χ3n) is 4.74. The number of anilines is 1. The van der Waals surface area contributed by atoms with Crippen LogP contribution in [-0.2, 0) is 11.2 Å². The highest BCUT2D eigenvalue weighted by atomic mass is 79.9. The maximum absolute atomic E-state index is 12.7. The average molecular weight is 455 g/mol. The summed E-state index contributed by atoms with van der Waals surface area (Å²) < 4.78 is 6.73. The normalized spacial score (nSPS) is 16.0. The third-order valence-corrected chi connectivity index (χ3v) is 5.27. The Morgan fingerprint density at radius 1 is 1.28 bits per heavy atom. The molecule has 7 nitrogen and oxygen atoms in total. The van der Waals surface area contributed by atoms with Crippen LogP contribution in [-0.4, -0.2) is 41.7 Å². The van der Waals surface area contributed by atoms with Gasteiger partial charge in [0, 0.05) is 23.6 Å². The number of nitrogens with one attached hydrogen (secondary N) is 2. The number of ether oxygens (including phenoxy) is 1. The minimum atomic E-state index is -0.800. The van der Waals surface area contributed by atoms with E-state index < -0.39 is 11.9 Å². The molecule has 0 saturated heterocycles. The van der Waals surface area contributed by atoms with E-state index in [4.69, 9.17) is 4.74 Å². The van der Waals surface area contributed by atoms with Crippen molar-refractivity contribution in [1.82, 2.24) is 15.5 Å². The SMILES string of the molecule is CN1C(=O)[C@@H](NC(=O)c2cc(Cc3ccc(Br)cc3)[nH]n2)COc2ccccc21. The maximum Gasteiger partial charge on any atom is 0.272 e. The molecule has 2 N–H and O–H groups in total. The van der Waals surface area contributed by atoms with E-state index in [1.807, 2.05) is 36.4 Å². The van der Waals surface area contributed by atoms with Gasteiger partial charge in [-0.15, -0.1) is 0 Å². The Bertz CT molecular complexity index is 1050. The molecule has 1 atom stereocenters. The summed E-state index contributed by atoms with van der Waals surface area (Å²) in [5.74, 6) is -0.0600. The van der Waals surface area contributed by atoms with Gasteiger partial charge in [0.05, 0.1) is 5.69 Å². The van der Waals surface area contributed by atoms with E-state index in [1.165, 1.54) is 4.90 Å². The van der Waals surface area contributed by atoms with Crippen LogP contribution in [0.4, 0.5) is 5.69 Å². The number of aromatic amines is 1. The summed E-state index contributed by atoms with van der Waals surface area (Å²) in [6.07, 6.45) is 0.622. The van der Waals surface area contributed by atoms with Crippen LogP contribution >= 0.6 is 15.9 Å². The lowest BCUT2D eigenvalue weighted by Crippen LogP contribution is -2.49. The molecule has 0 bridgehead atoms. The number of fused-ring (bicyclic) bond motifs is 1. The summed E-state index contributed by atoms with van der Waals surface area (Å²) in [7, 11) is 1.67. The molecule has 2 heterocycles. The summed E-state index contributed by atoms with van der Waals surface area (Å²) in [6.45, 7) is 0.0576. The van der Waals surface area contributed by atoms with Crippen molar-refractivity contribution in [3.63, 3.8) is 0 Å². The van der Waals surface area contributed by atoms with Crippen LogP contribution in [0, 0.1) is 0 Å². The summed E-state index contributed by atoms with van der Waals surface area (Å²) in [4.78, 5) is 26.9. The Balaban J connectivity index is 1.44. The molecule has 1 aliphatic heterocycles. The van der Waals surface area contributed by atoms with Crippen molar-refractivity contribution in [3.05, 3.63) is 76.0 Å². The Hall–Kier alpha value is -3.13. The monoisotopic (exact) mass is 454 g/mol. The van der Waals surface area contributed by atoms with Gasteiger partial charge >= 0.3 is 0 Å². The van der Waals surface area contributed by atoms with Crippen molar-refractivity contribution in [1.29, 1.82) is 0 Å². The summed E-state index contributed by atoms with van der Waals surface area (Å²) in [6, 6.07) is 16.1. The molecule has 0 fully saturated rings. The van der Waals surface area contributed by atoms with Crippen LogP contribution in [0.1, 0.15) is 21.7 Å². The largest absolute Gasteiger partial charge is 0.489 e. The van der Waals surface area contributed by atoms with Gasteiger partial charge in [-0.25, -0.2) is 0 Å². The number of H-pyrrole nitrogens is 1. The Kier molecular flexibility index (Phi) is 5.35. The maximum atomic E-state index is 12.7. The second-order valence-electron chi connectivity index (χ2n) is 6.78. The average Bonchev–Trinajstić information content (AvgIpc) is 3.16. The van der Waals surface area contributed by atoms with Crippen molar-refractivity contribution >= 4 is 33.4 Å². The molecule has 0 aliphatic carbocycles. The fraction of sp³-hybridized carbons (Fsp3) is 0.190. The highest BCUT2D eigenvalue weighted by molar-refractivity contribution is 9.10. The van der Waals surface area contributed by atoms with Gasteiger partial charge in [-0.05, 0) is 35.9 Å². The zero-order valence-corrected chi connectivity index (χ0v) is 17.3. The minimum absolute atomic E-state index is 0.0576. The number of para-hydroxylation sites is 2. The number of rotatable bonds is 4. The van der Waals surface area contributed by atoms with Crippen LogP contribution < -0.4 is 15.0 Å². The predicted molar refractivity (Wildman–Crippen MR) is 112 cm³/mol. The van der Waals surface area contributed by atoms with Gasteiger partial charge < -0.3 is 15.0 Å². The van der Waals surface area contributed by atoms with Crippen LogP contribution in [0.3, 0.4) is 0 Å². The number of carbonyl (C=O) groups excluding carboxylic acids is 2. The second kappa shape index (κ2) is 8.08. The molecule has 148 valence electrons. The van der Waals surface area contributed by atoms with Gasteiger partial charge in [0.1, 0.15) is 24.1 Å². The van der Waals surface area contributed by atoms with Gasteiger partial charge in [0.25, 0.3) is 11.8 Å². The number of hydrogen-bond acceptors (Lipinski definition) is 4. The van der Waals surface area contributed by atoms with Crippen molar-refractivity contribution in [2.45, 2.75) is 12.5 Å². The Labute approximate surface area is 176 Å². The first-order chi connectivity index (χ1) is 14.0. The van der Waals surface area contributed by atoms with Gasteiger partial charge in [-0.1, -0.05) is 40.2 Å². The molecule has 0 radical (unpaired) electrons. The number of benzene rings is 2. The van der Waals surface area contributed by atoms with Gasteiger partial charge in [0.15, 0.2) is 0 Å². The number of halogens is 1. The number of carbonyl (C=O) groups is 2. The fourth-order valence-electron chi connectivity index (χ4n) is 3.18. The summed E-state index contributed by atoms with van der Waals surface area (Å²) in [5, 5.41) is 9.71.